The fraction of sp³-hybridized carbons (Fsp3) is 0.300. The number of aliphatic carboxylic acids is 1. The molecule has 1 rings (SSSR count). The maximum Gasteiger partial charge on any atom is 0.0431 e. The zero-order valence-corrected chi connectivity index (χ0v) is 8.04. The summed E-state index contributed by atoms with van der Waals surface area (Å²) in [5, 5.41) is 13.2. The van der Waals surface area contributed by atoms with Crippen molar-refractivity contribution >= 4 is 17.3 Å². The van der Waals surface area contributed by atoms with Gasteiger partial charge in [-0.2, -0.15) is 0 Å². The van der Waals surface area contributed by atoms with Gasteiger partial charge in [0, 0.05) is 30.3 Å². The molecule has 0 aliphatic rings. The molecule has 0 aliphatic heterocycles. The van der Waals surface area contributed by atoms with E-state index in [1.807, 2.05) is 19.1 Å². The van der Waals surface area contributed by atoms with Gasteiger partial charge in [0.25, 0.3) is 0 Å². The van der Waals surface area contributed by atoms with Gasteiger partial charge in [0.2, 0.25) is 0 Å². The van der Waals surface area contributed by atoms with Crippen LogP contribution in [0.3, 0.4) is 0 Å². The zero-order chi connectivity index (χ0) is 10.6. The summed E-state index contributed by atoms with van der Waals surface area (Å²) in [6.45, 7) is 2.28. The molecule has 0 aromatic heterocycles. The summed E-state index contributed by atoms with van der Waals surface area (Å²) in [6.07, 6.45) is 0.00379. The number of carboxylic acid groups (broad SMARTS) is 1. The summed E-state index contributed by atoms with van der Waals surface area (Å²) < 4.78 is 0. The number of carboxylic acids is 1. The van der Waals surface area contributed by atoms with Gasteiger partial charge in [-0.15, -0.1) is 0 Å². The maximum absolute atomic E-state index is 10.2. The van der Waals surface area contributed by atoms with E-state index >= 15 is 0 Å². The van der Waals surface area contributed by atoms with Crippen molar-refractivity contribution in [1.29, 1.82) is 0 Å². The second kappa shape index (κ2) is 4.50. The van der Waals surface area contributed by atoms with Crippen molar-refractivity contribution < 1.29 is 9.90 Å². The zero-order valence-electron chi connectivity index (χ0n) is 8.04. The van der Waals surface area contributed by atoms with Crippen LogP contribution >= 0.6 is 0 Å². The molecule has 0 bridgehead atoms. The molecule has 4 nitrogen and oxygen atoms in total. The molecule has 1 aromatic carbocycles. The molecule has 0 unspecified atom stereocenters. The Labute approximate surface area is 82.7 Å². The highest BCUT2D eigenvalue weighted by Gasteiger charge is 1.97. The second-order valence-corrected chi connectivity index (χ2v) is 3.12. The molecule has 0 spiro atoms. The Balaban J connectivity index is 2.55. The smallest absolute Gasteiger partial charge is 0.0431 e. The van der Waals surface area contributed by atoms with Crippen LogP contribution in [0, 0.1) is 6.92 Å². The molecule has 0 saturated carbocycles. The van der Waals surface area contributed by atoms with Gasteiger partial charge in [-0.05, 0) is 30.7 Å². The van der Waals surface area contributed by atoms with Crippen LogP contribution in [0.5, 0.6) is 0 Å². The molecule has 4 heteroatoms. The van der Waals surface area contributed by atoms with Crippen molar-refractivity contribution in [2.24, 2.45) is 0 Å². The Bertz CT molecular complexity index is 337. The summed E-state index contributed by atoms with van der Waals surface area (Å²) in [5.41, 5.74) is 8.18. The lowest BCUT2D eigenvalue weighted by Gasteiger charge is -2.10. The average molecular weight is 193 g/mol. The van der Waals surface area contributed by atoms with E-state index in [9.17, 15) is 9.90 Å². The number of nitrogen functional groups attached to an aromatic ring is 1. The van der Waals surface area contributed by atoms with Gasteiger partial charge in [0.1, 0.15) is 0 Å². The van der Waals surface area contributed by atoms with Crippen LogP contribution < -0.4 is 16.2 Å². The minimum absolute atomic E-state index is 0.00379. The minimum Gasteiger partial charge on any atom is -0.550 e. The predicted molar refractivity (Wildman–Crippen MR) is 53.7 cm³/mol. The highest BCUT2D eigenvalue weighted by atomic mass is 16.4. The quantitative estimate of drug-likeness (QED) is 0.666. The van der Waals surface area contributed by atoms with E-state index in [0.717, 1.165) is 11.3 Å². The van der Waals surface area contributed by atoms with Crippen molar-refractivity contribution in [1.82, 2.24) is 0 Å². The molecular formula is C10H13N2O2-. The lowest BCUT2D eigenvalue weighted by atomic mass is 10.2. The number of nitrogens with one attached hydrogen (secondary N) is 1. The van der Waals surface area contributed by atoms with E-state index in [0.29, 0.717) is 12.2 Å². The molecule has 14 heavy (non-hydrogen) atoms. The SMILES string of the molecule is Cc1cc(N)ccc1NCCC(=O)[O-]. The topological polar surface area (TPSA) is 78.2 Å². The number of hydrogen-bond donors (Lipinski definition) is 2. The van der Waals surface area contributed by atoms with Gasteiger partial charge < -0.3 is 21.0 Å². The van der Waals surface area contributed by atoms with E-state index in [2.05, 4.69) is 5.32 Å². The number of rotatable bonds is 4. The van der Waals surface area contributed by atoms with Crippen LogP contribution in [0.4, 0.5) is 11.4 Å². The lowest BCUT2D eigenvalue weighted by Crippen LogP contribution is -2.24. The molecule has 1 aromatic rings. The van der Waals surface area contributed by atoms with Crippen LogP contribution in [0.2, 0.25) is 0 Å². The van der Waals surface area contributed by atoms with Gasteiger partial charge in [0.05, 0.1) is 0 Å². The third-order valence-corrected chi connectivity index (χ3v) is 1.90. The van der Waals surface area contributed by atoms with Crippen molar-refractivity contribution in [2.45, 2.75) is 13.3 Å². The number of hydrogen-bond acceptors (Lipinski definition) is 4. The molecule has 0 radical (unpaired) electrons. The number of anilines is 2. The number of carbonyl (C=O) groups is 1. The molecule has 76 valence electrons. The van der Waals surface area contributed by atoms with Gasteiger partial charge in [0.15, 0.2) is 0 Å². The van der Waals surface area contributed by atoms with Crippen LogP contribution in [-0.4, -0.2) is 12.5 Å². The number of carbonyl (C=O) groups excluding carboxylic acids is 1. The number of nitrogens with two attached hydrogens (primary N) is 1. The standard InChI is InChI=1S/C10H14N2O2/c1-7-6-8(11)2-3-9(7)12-5-4-10(13)14/h2-3,6,12H,4-5,11H2,1H3,(H,13,14)/p-1. The summed E-state index contributed by atoms with van der Waals surface area (Å²) in [7, 11) is 0. The Morgan fingerprint density at radius 1 is 1.57 bits per heavy atom. The molecule has 0 atom stereocenters. The van der Waals surface area contributed by atoms with E-state index in [1.54, 1.807) is 6.07 Å². The maximum atomic E-state index is 10.2. The molecule has 0 fully saturated rings. The monoisotopic (exact) mass is 193 g/mol. The first-order valence-corrected chi connectivity index (χ1v) is 4.39. The highest BCUT2D eigenvalue weighted by molar-refractivity contribution is 5.65. The van der Waals surface area contributed by atoms with Crippen LogP contribution in [-0.2, 0) is 4.79 Å². The van der Waals surface area contributed by atoms with E-state index in [-0.39, 0.29) is 6.42 Å². The largest absolute Gasteiger partial charge is 0.550 e. The number of benzene rings is 1. The second-order valence-electron chi connectivity index (χ2n) is 3.12. The molecule has 0 amide bonds. The molecule has 0 heterocycles. The lowest BCUT2D eigenvalue weighted by molar-refractivity contribution is -0.305. The summed E-state index contributed by atoms with van der Waals surface area (Å²) >= 11 is 0. The first kappa shape index (κ1) is 10.4. The first-order valence-electron chi connectivity index (χ1n) is 4.39. The van der Waals surface area contributed by atoms with Crippen molar-refractivity contribution in [3.8, 4) is 0 Å². The first-order chi connectivity index (χ1) is 6.59. The van der Waals surface area contributed by atoms with E-state index in [1.165, 1.54) is 0 Å². The van der Waals surface area contributed by atoms with Gasteiger partial charge >= 0.3 is 0 Å². The third kappa shape index (κ3) is 2.97. The van der Waals surface area contributed by atoms with Crippen LogP contribution in [0.25, 0.3) is 0 Å². The van der Waals surface area contributed by atoms with E-state index in [4.69, 9.17) is 5.73 Å². The Morgan fingerprint density at radius 3 is 2.86 bits per heavy atom. The van der Waals surface area contributed by atoms with Crippen LogP contribution in [0.15, 0.2) is 18.2 Å². The normalized spacial score (nSPS) is 9.79. The Kier molecular flexibility index (Phi) is 3.34. The molecule has 0 saturated heterocycles. The predicted octanol–water partition coefficient (Wildman–Crippen LogP) is 0.129. The van der Waals surface area contributed by atoms with Crippen LogP contribution in [0.1, 0.15) is 12.0 Å². The average Bonchev–Trinajstić information content (AvgIpc) is 2.08. The Hall–Kier alpha value is -1.71. The van der Waals surface area contributed by atoms with Crippen molar-refractivity contribution in [2.75, 3.05) is 17.6 Å². The fourth-order valence-electron chi connectivity index (χ4n) is 1.18. The highest BCUT2D eigenvalue weighted by Crippen LogP contribution is 2.17. The molecular weight excluding hydrogens is 180 g/mol. The van der Waals surface area contributed by atoms with Crippen molar-refractivity contribution in [3.63, 3.8) is 0 Å². The summed E-state index contributed by atoms with van der Waals surface area (Å²) in [4.78, 5) is 10.2. The third-order valence-electron chi connectivity index (χ3n) is 1.90. The fourth-order valence-corrected chi connectivity index (χ4v) is 1.18. The minimum atomic E-state index is -1.05. The van der Waals surface area contributed by atoms with Gasteiger partial charge in [-0.1, -0.05) is 0 Å². The summed E-state index contributed by atoms with van der Waals surface area (Å²) in [5.74, 6) is -1.05. The molecule has 0 aliphatic carbocycles. The van der Waals surface area contributed by atoms with Crippen molar-refractivity contribution in [3.05, 3.63) is 23.8 Å². The Morgan fingerprint density at radius 2 is 2.29 bits per heavy atom. The molecule has 3 N–H and O–H groups in total. The summed E-state index contributed by atoms with van der Waals surface area (Å²) in [6, 6.07) is 5.44. The van der Waals surface area contributed by atoms with E-state index < -0.39 is 5.97 Å². The van der Waals surface area contributed by atoms with Gasteiger partial charge in [-0.3, -0.25) is 0 Å². The van der Waals surface area contributed by atoms with Gasteiger partial charge in [-0.25, -0.2) is 0 Å². The number of aryl methyl sites for hydroxylation is 1.